The maximum atomic E-state index is 9.11. The first-order valence-electron chi connectivity index (χ1n) is 5.48. The molecule has 1 aromatic rings. The van der Waals surface area contributed by atoms with Crippen molar-refractivity contribution in [1.82, 2.24) is 0 Å². The van der Waals surface area contributed by atoms with Crippen molar-refractivity contribution in [2.45, 2.75) is 25.8 Å². The lowest BCUT2D eigenvalue weighted by Gasteiger charge is -2.35. The van der Waals surface area contributed by atoms with Gasteiger partial charge in [-0.3, -0.25) is 0 Å². The molecule has 0 amide bonds. The van der Waals surface area contributed by atoms with E-state index in [1.807, 2.05) is 24.3 Å². The fraction of sp³-hybridized carbons (Fsp3) is 0.462. The average Bonchev–Trinajstić information content (AvgIpc) is 2.54. The Balaban J connectivity index is 2.30. The van der Waals surface area contributed by atoms with Crippen molar-refractivity contribution in [2.24, 2.45) is 5.92 Å². The molecular weight excluding hydrogens is 220 g/mol. The number of rotatable bonds is 1. The van der Waals surface area contributed by atoms with Crippen LogP contribution in [0.2, 0.25) is 5.02 Å². The maximum absolute atomic E-state index is 9.11. The second kappa shape index (κ2) is 3.99. The second-order valence-corrected chi connectivity index (χ2v) is 5.19. The topological polar surface area (TPSA) is 27.0 Å². The zero-order chi connectivity index (χ0) is 11.8. The van der Waals surface area contributed by atoms with Crippen molar-refractivity contribution < 1.29 is 0 Å². The van der Waals surface area contributed by atoms with Gasteiger partial charge in [0, 0.05) is 17.3 Å². The Labute approximate surface area is 101 Å². The molecule has 1 aromatic carbocycles. The first kappa shape index (κ1) is 11.3. The molecule has 0 aromatic heterocycles. The van der Waals surface area contributed by atoms with Crippen molar-refractivity contribution in [2.75, 3.05) is 11.4 Å². The van der Waals surface area contributed by atoms with E-state index in [1.54, 1.807) is 0 Å². The molecule has 0 N–H and O–H groups in total. The van der Waals surface area contributed by atoms with Crippen molar-refractivity contribution in [3.8, 4) is 6.07 Å². The third kappa shape index (κ3) is 1.76. The summed E-state index contributed by atoms with van der Waals surface area (Å²) in [5.41, 5.74) is 1.05. The summed E-state index contributed by atoms with van der Waals surface area (Å²) in [5.74, 6) is 0.100. The third-order valence-corrected chi connectivity index (χ3v) is 3.74. The highest BCUT2D eigenvalue weighted by Crippen LogP contribution is 2.37. The summed E-state index contributed by atoms with van der Waals surface area (Å²) < 4.78 is 0. The van der Waals surface area contributed by atoms with Crippen LogP contribution in [0, 0.1) is 17.2 Å². The minimum absolute atomic E-state index is 0.0947. The van der Waals surface area contributed by atoms with Crippen LogP contribution in [0.4, 0.5) is 5.69 Å². The van der Waals surface area contributed by atoms with Crippen LogP contribution in [0.25, 0.3) is 0 Å². The minimum atomic E-state index is -0.0947. The van der Waals surface area contributed by atoms with Crippen LogP contribution in [-0.2, 0) is 0 Å². The molecular formula is C13H15ClN2. The summed E-state index contributed by atoms with van der Waals surface area (Å²) in [5, 5.41) is 9.86. The molecule has 1 aliphatic heterocycles. The zero-order valence-electron chi connectivity index (χ0n) is 9.57. The largest absolute Gasteiger partial charge is 0.365 e. The highest BCUT2D eigenvalue weighted by molar-refractivity contribution is 6.30. The molecule has 0 spiro atoms. The molecule has 2 nitrogen and oxygen atoms in total. The van der Waals surface area contributed by atoms with Gasteiger partial charge < -0.3 is 4.90 Å². The standard InChI is InChI=1S/C13H15ClN2/c1-13(2)10(9-15)7-8-16(13)12-5-3-11(14)4-6-12/h3-6,10H,7-8H2,1-2H3. The van der Waals surface area contributed by atoms with Crippen molar-refractivity contribution in [3.05, 3.63) is 29.3 Å². The number of anilines is 1. The van der Waals surface area contributed by atoms with Crippen LogP contribution in [0.1, 0.15) is 20.3 Å². The molecule has 1 aliphatic rings. The molecule has 3 heteroatoms. The molecule has 0 bridgehead atoms. The molecule has 1 atom stereocenters. The quantitative estimate of drug-likeness (QED) is 0.744. The number of benzene rings is 1. The van der Waals surface area contributed by atoms with Gasteiger partial charge in [-0.15, -0.1) is 0 Å². The van der Waals surface area contributed by atoms with Crippen molar-refractivity contribution in [3.63, 3.8) is 0 Å². The van der Waals surface area contributed by atoms with E-state index in [1.165, 1.54) is 0 Å². The Morgan fingerprint density at radius 3 is 2.50 bits per heavy atom. The monoisotopic (exact) mass is 234 g/mol. The van der Waals surface area contributed by atoms with E-state index in [4.69, 9.17) is 16.9 Å². The van der Waals surface area contributed by atoms with E-state index in [9.17, 15) is 0 Å². The fourth-order valence-electron chi connectivity index (χ4n) is 2.39. The van der Waals surface area contributed by atoms with E-state index in [2.05, 4.69) is 24.8 Å². The molecule has 1 fully saturated rings. The van der Waals surface area contributed by atoms with Crippen LogP contribution in [0.3, 0.4) is 0 Å². The number of hydrogen-bond acceptors (Lipinski definition) is 2. The number of nitrogens with zero attached hydrogens (tertiary/aromatic N) is 2. The lowest BCUT2D eigenvalue weighted by molar-refractivity contribution is 0.439. The van der Waals surface area contributed by atoms with Gasteiger partial charge in [-0.25, -0.2) is 0 Å². The lowest BCUT2D eigenvalue weighted by atomic mass is 9.89. The first-order chi connectivity index (χ1) is 7.55. The van der Waals surface area contributed by atoms with E-state index >= 15 is 0 Å². The normalized spacial score (nSPS) is 23.1. The van der Waals surface area contributed by atoms with E-state index < -0.39 is 0 Å². The number of hydrogen-bond donors (Lipinski definition) is 0. The van der Waals surface area contributed by atoms with Gasteiger partial charge in [0.05, 0.1) is 17.5 Å². The van der Waals surface area contributed by atoms with Gasteiger partial charge in [0.15, 0.2) is 0 Å². The number of halogens is 1. The van der Waals surface area contributed by atoms with Crippen LogP contribution in [-0.4, -0.2) is 12.1 Å². The van der Waals surface area contributed by atoms with Gasteiger partial charge in [-0.2, -0.15) is 5.26 Å². The van der Waals surface area contributed by atoms with Gasteiger partial charge >= 0.3 is 0 Å². The molecule has 0 radical (unpaired) electrons. The SMILES string of the molecule is CC1(C)C(C#N)CCN1c1ccc(Cl)cc1. The maximum Gasteiger partial charge on any atom is 0.0706 e. The Bertz CT molecular complexity index is 417. The van der Waals surface area contributed by atoms with Crippen LogP contribution >= 0.6 is 11.6 Å². The smallest absolute Gasteiger partial charge is 0.0706 e. The van der Waals surface area contributed by atoms with Crippen LogP contribution in [0.5, 0.6) is 0 Å². The van der Waals surface area contributed by atoms with E-state index in [0.717, 1.165) is 23.7 Å². The van der Waals surface area contributed by atoms with Crippen molar-refractivity contribution >= 4 is 17.3 Å². The second-order valence-electron chi connectivity index (χ2n) is 4.75. The van der Waals surface area contributed by atoms with Gasteiger partial charge in [0.25, 0.3) is 0 Å². The van der Waals surface area contributed by atoms with Crippen LogP contribution in [0.15, 0.2) is 24.3 Å². The molecule has 1 heterocycles. The van der Waals surface area contributed by atoms with Crippen LogP contribution < -0.4 is 4.90 Å². The molecule has 0 aliphatic carbocycles. The van der Waals surface area contributed by atoms with Gasteiger partial charge in [-0.1, -0.05) is 11.6 Å². The predicted octanol–water partition coefficient (Wildman–Crippen LogP) is 3.47. The average molecular weight is 235 g/mol. The minimum Gasteiger partial charge on any atom is -0.365 e. The molecule has 2 rings (SSSR count). The fourth-order valence-corrected chi connectivity index (χ4v) is 2.52. The molecule has 16 heavy (non-hydrogen) atoms. The van der Waals surface area contributed by atoms with Gasteiger partial charge in [0.2, 0.25) is 0 Å². The summed E-state index contributed by atoms with van der Waals surface area (Å²) >= 11 is 5.87. The molecule has 1 unspecified atom stereocenters. The molecule has 0 saturated carbocycles. The van der Waals surface area contributed by atoms with Gasteiger partial charge in [0.1, 0.15) is 0 Å². The Kier molecular flexibility index (Phi) is 2.82. The molecule has 84 valence electrons. The summed E-state index contributed by atoms with van der Waals surface area (Å²) in [4.78, 5) is 2.29. The zero-order valence-corrected chi connectivity index (χ0v) is 10.3. The van der Waals surface area contributed by atoms with Gasteiger partial charge in [-0.05, 0) is 44.5 Å². The summed E-state index contributed by atoms with van der Waals surface area (Å²) in [6.45, 7) is 5.19. The van der Waals surface area contributed by atoms with E-state index in [-0.39, 0.29) is 11.5 Å². The lowest BCUT2D eigenvalue weighted by Crippen LogP contribution is -2.42. The first-order valence-corrected chi connectivity index (χ1v) is 5.86. The summed E-state index contributed by atoms with van der Waals surface area (Å²) in [7, 11) is 0. The highest BCUT2D eigenvalue weighted by atomic mass is 35.5. The predicted molar refractivity (Wildman–Crippen MR) is 66.6 cm³/mol. The van der Waals surface area contributed by atoms with Crippen molar-refractivity contribution in [1.29, 1.82) is 5.26 Å². The molecule has 1 saturated heterocycles. The third-order valence-electron chi connectivity index (χ3n) is 3.48. The Morgan fingerprint density at radius 2 is 2.00 bits per heavy atom. The summed E-state index contributed by atoms with van der Waals surface area (Å²) in [6.07, 6.45) is 0.937. The van der Waals surface area contributed by atoms with E-state index in [0.29, 0.717) is 0 Å². The summed E-state index contributed by atoms with van der Waals surface area (Å²) in [6, 6.07) is 10.2. The number of nitriles is 1. The Morgan fingerprint density at radius 1 is 1.38 bits per heavy atom. The highest BCUT2D eigenvalue weighted by Gasteiger charge is 2.41. The Hall–Kier alpha value is -1.20.